The average Bonchev–Trinajstić information content (AvgIpc) is 2.92. The zero-order valence-electron chi connectivity index (χ0n) is 13.5. The van der Waals surface area contributed by atoms with Crippen LogP contribution < -0.4 is 0 Å². The van der Waals surface area contributed by atoms with E-state index in [1.807, 2.05) is 4.90 Å². The van der Waals surface area contributed by atoms with Crippen LogP contribution in [0.1, 0.15) is 35.7 Å². The van der Waals surface area contributed by atoms with Crippen LogP contribution in [0.3, 0.4) is 0 Å². The summed E-state index contributed by atoms with van der Waals surface area (Å²) < 4.78 is 18.6. The van der Waals surface area contributed by atoms with Gasteiger partial charge in [0.05, 0.1) is 23.7 Å². The van der Waals surface area contributed by atoms with Crippen LogP contribution in [0, 0.1) is 24.1 Å². The van der Waals surface area contributed by atoms with Crippen molar-refractivity contribution in [3.63, 3.8) is 0 Å². The van der Waals surface area contributed by atoms with Gasteiger partial charge in [0.1, 0.15) is 5.82 Å². The Morgan fingerprint density at radius 3 is 3.04 bits per heavy atom. The number of benzene rings is 1. The van der Waals surface area contributed by atoms with E-state index in [0.717, 1.165) is 13.0 Å². The molecule has 0 aliphatic carbocycles. The van der Waals surface area contributed by atoms with Gasteiger partial charge in [-0.1, -0.05) is 5.16 Å². The SMILES string of the molecule is Cc1noc(CC2(O)CCCN(Cc3cc(F)ccc3C#N)C2)n1. The normalized spacial score (nSPS) is 21.6. The maximum atomic E-state index is 13.5. The smallest absolute Gasteiger partial charge is 0.229 e. The quantitative estimate of drug-likeness (QED) is 0.922. The molecule has 126 valence electrons. The van der Waals surface area contributed by atoms with Crippen molar-refractivity contribution >= 4 is 0 Å². The first-order chi connectivity index (χ1) is 11.5. The third kappa shape index (κ3) is 3.78. The van der Waals surface area contributed by atoms with Crippen LogP contribution in [0.25, 0.3) is 0 Å². The van der Waals surface area contributed by atoms with Crippen molar-refractivity contribution in [3.05, 3.63) is 46.9 Å². The van der Waals surface area contributed by atoms with Gasteiger partial charge in [0.2, 0.25) is 5.89 Å². The van der Waals surface area contributed by atoms with Crippen LogP contribution in [0.2, 0.25) is 0 Å². The van der Waals surface area contributed by atoms with Crippen molar-refractivity contribution in [1.82, 2.24) is 15.0 Å². The van der Waals surface area contributed by atoms with Gasteiger partial charge in [-0.05, 0) is 50.1 Å². The minimum Gasteiger partial charge on any atom is -0.388 e. The maximum Gasteiger partial charge on any atom is 0.229 e. The fourth-order valence-corrected chi connectivity index (χ4v) is 3.22. The summed E-state index contributed by atoms with van der Waals surface area (Å²) in [4.78, 5) is 6.18. The summed E-state index contributed by atoms with van der Waals surface area (Å²) in [6.07, 6.45) is 1.73. The summed E-state index contributed by atoms with van der Waals surface area (Å²) in [5.41, 5.74) is 0.130. The second-order valence-electron chi connectivity index (χ2n) is 6.36. The van der Waals surface area contributed by atoms with Crippen LogP contribution in [0.5, 0.6) is 0 Å². The lowest BCUT2D eigenvalue weighted by Crippen LogP contribution is -2.49. The molecule has 3 rings (SSSR count). The zero-order valence-corrected chi connectivity index (χ0v) is 13.5. The highest BCUT2D eigenvalue weighted by Crippen LogP contribution is 2.26. The molecule has 0 saturated carbocycles. The highest BCUT2D eigenvalue weighted by Gasteiger charge is 2.35. The second-order valence-corrected chi connectivity index (χ2v) is 6.36. The number of nitrogens with zero attached hydrogens (tertiary/aromatic N) is 4. The van der Waals surface area contributed by atoms with Crippen LogP contribution >= 0.6 is 0 Å². The average molecular weight is 330 g/mol. The van der Waals surface area contributed by atoms with Gasteiger partial charge in [0.15, 0.2) is 5.82 Å². The van der Waals surface area contributed by atoms with Gasteiger partial charge in [0, 0.05) is 13.1 Å². The molecule has 1 N–H and O–H groups in total. The molecule has 0 amide bonds. The Kier molecular flexibility index (Phi) is 4.60. The van der Waals surface area contributed by atoms with E-state index in [1.165, 1.54) is 18.2 Å². The highest BCUT2D eigenvalue weighted by molar-refractivity contribution is 5.37. The lowest BCUT2D eigenvalue weighted by atomic mass is 9.89. The van der Waals surface area contributed by atoms with Crippen molar-refractivity contribution in [1.29, 1.82) is 5.26 Å². The molecule has 7 heteroatoms. The first-order valence-corrected chi connectivity index (χ1v) is 7.90. The lowest BCUT2D eigenvalue weighted by molar-refractivity contribution is -0.0373. The van der Waals surface area contributed by atoms with Gasteiger partial charge < -0.3 is 9.63 Å². The van der Waals surface area contributed by atoms with Crippen molar-refractivity contribution in [2.24, 2.45) is 0 Å². The van der Waals surface area contributed by atoms with E-state index in [9.17, 15) is 14.8 Å². The van der Waals surface area contributed by atoms with Crippen molar-refractivity contribution < 1.29 is 14.0 Å². The standard InChI is InChI=1S/C17H19FN4O2/c1-12-20-16(24-21-12)8-17(23)5-2-6-22(11-17)10-14-7-15(18)4-3-13(14)9-19/h3-4,7,23H,2,5-6,8,10-11H2,1H3. The van der Waals surface area contributed by atoms with E-state index in [0.29, 0.717) is 48.8 Å². The predicted octanol–water partition coefficient (Wildman–Crippen LogP) is 1.96. The van der Waals surface area contributed by atoms with Crippen molar-refractivity contribution in [2.75, 3.05) is 13.1 Å². The van der Waals surface area contributed by atoms with Gasteiger partial charge in [-0.3, -0.25) is 4.90 Å². The third-order valence-corrected chi connectivity index (χ3v) is 4.27. The Hall–Kier alpha value is -2.30. The number of halogens is 1. The molecule has 2 heterocycles. The molecule has 0 radical (unpaired) electrons. The molecule has 0 bridgehead atoms. The summed E-state index contributed by atoms with van der Waals surface area (Å²) in [6.45, 7) is 3.35. The third-order valence-electron chi connectivity index (χ3n) is 4.27. The van der Waals surface area contributed by atoms with E-state index in [1.54, 1.807) is 6.92 Å². The lowest BCUT2D eigenvalue weighted by Gasteiger charge is -2.38. The van der Waals surface area contributed by atoms with E-state index in [2.05, 4.69) is 16.2 Å². The number of hydrogen-bond acceptors (Lipinski definition) is 6. The molecule has 1 aliphatic heterocycles. The van der Waals surface area contributed by atoms with E-state index in [-0.39, 0.29) is 5.82 Å². The van der Waals surface area contributed by atoms with Crippen LogP contribution in [-0.2, 0) is 13.0 Å². The van der Waals surface area contributed by atoms with E-state index >= 15 is 0 Å². The van der Waals surface area contributed by atoms with Gasteiger partial charge in [-0.15, -0.1) is 0 Å². The summed E-state index contributed by atoms with van der Waals surface area (Å²) in [7, 11) is 0. The molecule has 0 spiro atoms. The fraction of sp³-hybridized carbons (Fsp3) is 0.471. The van der Waals surface area contributed by atoms with Gasteiger partial charge in [-0.2, -0.15) is 10.2 Å². The number of β-amino-alcohol motifs (C(OH)–C–C–N with tert-alkyl or cyclic N) is 1. The molecule has 1 saturated heterocycles. The summed E-state index contributed by atoms with van der Waals surface area (Å²) >= 11 is 0. The molecule has 24 heavy (non-hydrogen) atoms. The van der Waals surface area contributed by atoms with Gasteiger partial charge >= 0.3 is 0 Å². The number of likely N-dealkylation sites (tertiary alicyclic amines) is 1. The monoisotopic (exact) mass is 330 g/mol. The molecule has 1 atom stereocenters. The molecular weight excluding hydrogens is 311 g/mol. The minimum absolute atomic E-state index is 0.290. The number of nitriles is 1. The van der Waals surface area contributed by atoms with Gasteiger partial charge in [0.25, 0.3) is 0 Å². The molecule has 2 aromatic rings. The molecule has 1 aromatic carbocycles. The first-order valence-electron chi connectivity index (χ1n) is 7.90. The Bertz CT molecular complexity index is 770. The Labute approximate surface area is 139 Å². The number of piperidine rings is 1. The summed E-state index contributed by atoms with van der Waals surface area (Å²) in [5, 5.41) is 23.8. The Balaban J connectivity index is 1.71. The van der Waals surface area contributed by atoms with E-state index in [4.69, 9.17) is 4.52 Å². The topological polar surface area (TPSA) is 86.2 Å². The molecular formula is C17H19FN4O2. The number of aryl methyl sites for hydroxylation is 1. The van der Waals surface area contributed by atoms with Crippen LogP contribution in [0.4, 0.5) is 4.39 Å². The molecule has 1 fully saturated rings. The predicted molar refractivity (Wildman–Crippen MR) is 83.3 cm³/mol. The number of aliphatic hydroxyl groups is 1. The second kappa shape index (κ2) is 6.67. The zero-order chi connectivity index (χ0) is 17.2. The maximum absolute atomic E-state index is 13.5. The molecule has 1 aliphatic rings. The molecule has 1 aromatic heterocycles. The highest BCUT2D eigenvalue weighted by atomic mass is 19.1. The molecule has 1 unspecified atom stereocenters. The Morgan fingerprint density at radius 1 is 1.50 bits per heavy atom. The largest absolute Gasteiger partial charge is 0.388 e. The molecule has 6 nitrogen and oxygen atoms in total. The number of hydrogen-bond donors (Lipinski definition) is 1. The fourth-order valence-electron chi connectivity index (χ4n) is 3.22. The minimum atomic E-state index is -0.961. The van der Waals surface area contributed by atoms with E-state index < -0.39 is 5.60 Å². The summed E-state index contributed by atoms with van der Waals surface area (Å²) in [6, 6.07) is 6.24. The van der Waals surface area contributed by atoms with Crippen LogP contribution in [-0.4, -0.2) is 38.8 Å². The van der Waals surface area contributed by atoms with Crippen molar-refractivity contribution in [2.45, 2.75) is 38.3 Å². The number of aromatic nitrogens is 2. The van der Waals surface area contributed by atoms with Crippen LogP contribution in [0.15, 0.2) is 22.7 Å². The first kappa shape index (κ1) is 16.6. The van der Waals surface area contributed by atoms with Gasteiger partial charge in [-0.25, -0.2) is 4.39 Å². The van der Waals surface area contributed by atoms with Crippen molar-refractivity contribution in [3.8, 4) is 6.07 Å². The number of rotatable bonds is 4. The Morgan fingerprint density at radius 2 is 2.33 bits per heavy atom. The summed E-state index contributed by atoms with van der Waals surface area (Å²) in [5.74, 6) is 0.595.